The molecule has 138 valence electrons. The topological polar surface area (TPSA) is 98.1 Å². The average Bonchev–Trinajstić information content (AvgIpc) is 3.25. The van der Waals surface area contributed by atoms with Crippen LogP contribution in [0.25, 0.3) is 5.82 Å². The SMILES string of the molecule is CC(C)(C)OC(=O)c1ccc(-n2ccc(NC(=O)[C@H]3CCCN3)n2)nc1. The summed E-state index contributed by atoms with van der Waals surface area (Å²) < 4.78 is 6.85. The van der Waals surface area contributed by atoms with E-state index in [0.29, 0.717) is 17.2 Å². The summed E-state index contributed by atoms with van der Waals surface area (Å²) in [5.74, 6) is 0.494. The van der Waals surface area contributed by atoms with Crippen LogP contribution in [0.1, 0.15) is 44.0 Å². The minimum atomic E-state index is -0.557. The standard InChI is InChI=1S/C18H23N5O3/c1-18(2,3)26-17(25)12-6-7-15(20-11-12)23-10-8-14(22-23)21-16(24)13-5-4-9-19-13/h6-8,10-11,13,19H,4-5,9H2,1-3H3,(H,21,22,24)/t13-/m1/s1. The number of anilines is 1. The lowest BCUT2D eigenvalue weighted by Crippen LogP contribution is -2.35. The van der Waals surface area contributed by atoms with Crippen LogP contribution in [0.4, 0.5) is 5.82 Å². The van der Waals surface area contributed by atoms with Gasteiger partial charge in [-0.1, -0.05) is 0 Å². The Hall–Kier alpha value is -2.74. The number of aromatic nitrogens is 3. The second kappa shape index (κ2) is 7.25. The summed E-state index contributed by atoms with van der Waals surface area (Å²) in [6, 6.07) is 4.86. The van der Waals surface area contributed by atoms with Crippen molar-refractivity contribution in [3.8, 4) is 5.82 Å². The lowest BCUT2D eigenvalue weighted by Gasteiger charge is -2.19. The summed E-state index contributed by atoms with van der Waals surface area (Å²) in [5, 5.41) is 10.2. The number of nitrogens with one attached hydrogen (secondary N) is 2. The van der Waals surface area contributed by atoms with Gasteiger partial charge < -0.3 is 15.4 Å². The molecule has 0 saturated carbocycles. The lowest BCUT2D eigenvalue weighted by molar-refractivity contribution is -0.117. The maximum atomic E-state index is 12.1. The fourth-order valence-electron chi connectivity index (χ4n) is 2.62. The highest BCUT2D eigenvalue weighted by atomic mass is 16.6. The largest absolute Gasteiger partial charge is 0.456 e. The summed E-state index contributed by atoms with van der Waals surface area (Å²) >= 11 is 0. The molecule has 1 saturated heterocycles. The van der Waals surface area contributed by atoms with Crippen LogP contribution in [0.5, 0.6) is 0 Å². The zero-order valence-corrected chi connectivity index (χ0v) is 15.2. The van der Waals surface area contributed by atoms with E-state index >= 15 is 0 Å². The Kier molecular flexibility index (Phi) is 5.03. The Morgan fingerprint density at radius 1 is 1.31 bits per heavy atom. The molecule has 2 aromatic rings. The van der Waals surface area contributed by atoms with Gasteiger partial charge >= 0.3 is 5.97 Å². The molecule has 1 fully saturated rings. The number of hydrogen-bond acceptors (Lipinski definition) is 6. The quantitative estimate of drug-likeness (QED) is 0.811. The summed E-state index contributed by atoms with van der Waals surface area (Å²) in [6.07, 6.45) is 4.99. The van der Waals surface area contributed by atoms with E-state index in [1.807, 2.05) is 20.8 Å². The molecule has 2 aromatic heterocycles. The van der Waals surface area contributed by atoms with Gasteiger partial charge in [-0.05, 0) is 52.3 Å². The first-order valence-electron chi connectivity index (χ1n) is 8.61. The fourth-order valence-corrected chi connectivity index (χ4v) is 2.62. The molecule has 3 rings (SSSR count). The zero-order valence-electron chi connectivity index (χ0n) is 15.2. The van der Waals surface area contributed by atoms with Gasteiger partial charge in [0, 0.05) is 18.5 Å². The molecule has 1 atom stereocenters. The second-order valence-electron chi connectivity index (χ2n) is 7.19. The van der Waals surface area contributed by atoms with E-state index in [0.717, 1.165) is 19.4 Å². The first-order valence-corrected chi connectivity index (χ1v) is 8.61. The molecule has 0 aliphatic carbocycles. The summed E-state index contributed by atoms with van der Waals surface area (Å²) in [5.41, 5.74) is -0.185. The van der Waals surface area contributed by atoms with Crippen LogP contribution < -0.4 is 10.6 Å². The van der Waals surface area contributed by atoms with Crippen LogP contribution in [0.3, 0.4) is 0 Å². The Labute approximate surface area is 151 Å². The molecule has 1 amide bonds. The minimum absolute atomic E-state index is 0.0824. The first kappa shape index (κ1) is 18.1. The van der Waals surface area contributed by atoms with Gasteiger partial charge in [0.05, 0.1) is 11.6 Å². The third-order valence-corrected chi connectivity index (χ3v) is 3.83. The van der Waals surface area contributed by atoms with E-state index < -0.39 is 11.6 Å². The molecule has 26 heavy (non-hydrogen) atoms. The first-order chi connectivity index (χ1) is 12.3. The van der Waals surface area contributed by atoms with Gasteiger partial charge in [0.2, 0.25) is 5.91 Å². The van der Waals surface area contributed by atoms with Crippen molar-refractivity contribution in [2.24, 2.45) is 0 Å². The zero-order chi connectivity index (χ0) is 18.7. The lowest BCUT2D eigenvalue weighted by atomic mass is 10.2. The van der Waals surface area contributed by atoms with Crippen molar-refractivity contribution < 1.29 is 14.3 Å². The molecule has 0 radical (unpaired) electrons. The van der Waals surface area contributed by atoms with Crippen molar-refractivity contribution >= 4 is 17.7 Å². The van der Waals surface area contributed by atoms with E-state index in [2.05, 4.69) is 20.7 Å². The normalized spacial score (nSPS) is 17.1. The molecule has 0 unspecified atom stereocenters. The van der Waals surface area contributed by atoms with E-state index in [1.54, 1.807) is 24.4 Å². The third kappa shape index (κ3) is 4.45. The smallest absolute Gasteiger partial charge is 0.340 e. The molecule has 8 heteroatoms. The molecule has 1 aliphatic rings. The summed E-state index contributed by atoms with van der Waals surface area (Å²) in [7, 11) is 0. The van der Waals surface area contributed by atoms with Gasteiger partial charge in [0.25, 0.3) is 0 Å². The van der Waals surface area contributed by atoms with Gasteiger partial charge in [-0.15, -0.1) is 5.10 Å². The van der Waals surface area contributed by atoms with Gasteiger partial charge in [-0.25, -0.2) is 14.5 Å². The number of carbonyl (C=O) groups is 2. The van der Waals surface area contributed by atoms with Gasteiger partial charge in [0.1, 0.15) is 5.60 Å². The maximum Gasteiger partial charge on any atom is 0.340 e. The number of amides is 1. The molecular weight excluding hydrogens is 334 g/mol. The predicted octanol–water partition coefficient (Wildman–Crippen LogP) is 1.91. The van der Waals surface area contributed by atoms with Crippen molar-refractivity contribution in [3.63, 3.8) is 0 Å². The second-order valence-corrected chi connectivity index (χ2v) is 7.19. The van der Waals surface area contributed by atoms with Crippen LogP contribution in [0, 0.1) is 0 Å². The Morgan fingerprint density at radius 2 is 2.12 bits per heavy atom. The number of pyridine rings is 1. The van der Waals surface area contributed by atoms with E-state index in [9.17, 15) is 9.59 Å². The van der Waals surface area contributed by atoms with E-state index in [1.165, 1.54) is 10.9 Å². The Morgan fingerprint density at radius 3 is 2.73 bits per heavy atom. The van der Waals surface area contributed by atoms with Gasteiger partial charge in [-0.3, -0.25) is 4.79 Å². The van der Waals surface area contributed by atoms with Crippen LogP contribution in [0.15, 0.2) is 30.6 Å². The van der Waals surface area contributed by atoms with Crippen molar-refractivity contribution in [1.82, 2.24) is 20.1 Å². The third-order valence-electron chi connectivity index (χ3n) is 3.83. The highest BCUT2D eigenvalue weighted by Crippen LogP contribution is 2.14. The molecule has 0 aromatic carbocycles. The monoisotopic (exact) mass is 357 g/mol. The average molecular weight is 357 g/mol. The van der Waals surface area contributed by atoms with Crippen molar-refractivity contribution in [2.75, 3.05) is 11.9 Å². The Balaban J connectivity index is 1.65. The minimum Gasteiger partial charge on any atom is -0.456 e. The highest BCUT2D eigenvalue weighted by molar-refractivity contribution is 5.94. The molecule has 0 bridgehead atoms. The number of ether oxygens (including phenoxy) is 1. The van der Waals surface area contributed by atoms with Crippen molar-refractivity contribution in [3.05, 3.63) is 36.2 Å². The molecule has 0 spiro atoms. The van der Waals surface area contributed by atoms with E-state index in [4.69, 9.17) is 4.74 Å². The summed E-state index contributed by atoms with van der Waals surface area (Å²) in [4.78, 5) is 28.4. The van der Waals surface area contributed by atoms with Gasteiger partial charge in [-0.2, -0.15) is 0 Å². The van der Waals surface area contributed by atoms with Crippen molar-refractivity contribution in [1.29, 1.82) is 0 Å². The summed E-state index contributed by atoms with van der Waals surface area (Å²) in [6.45, 7) is 6.30. The van der Waals surface area contributed by atoms with E-state index in [-0.39, 0.29) is 11.9 Å². The molecule has 3 heterocycles. The van der Waals surface area contributed by atoms with Crippen LogP contribution in [0.2, 0.25) is 0 Å². The highest BCUT2D eigenvalue weighted by Gasteiger charge is 2.22. The van der Waals surface area contributed by atoms with Gasteiger partial charge in [0.15, 0.2) is 11.6 Å². The number of nitrogens with zero attached hydrogens (tertiary/aromatic N) is 3. The van der Waals surface area contributed by atoms with Crippen LogP contribution >= 0.6 is 0 Å². The number of rotatable bonds is 4. The fraction of sp³-hybridized carbons (Fsp3) is 0.444. The molecule has 8 nitrogen and oxygen atoms in total. The number of carbonyl (C=O) groups excluding carboxylic acids is 2. The predicted molar refractivity (Wildman–Crippen MR) is 96.2 cm³/mol. The van der Waals surface area contributed by atoms with Crippen LogP contribution in [-0.4, -0.2) is 44.8 Å². The molecule has 2 N–H and O–H groups in total. The Bertz CT molecular complexity index is 786. The maximum absolute atomic E-state index is 12.1. The number of esters is 1. The van der Waals surface area contributed by atoms with Crippen molar-refractivity contribution in [2.45, 2.75) is 45.3 Å². The molecule has 1 aliphatic heterocycles. The number of hydrogen-bond donors (Lipinski definition) is 2. The molecular formula is C18H23N5O3. The van der Waals surface area contributed by atoms with Crippen LogP contribution in [-0.2, 0) is 9.53 Å².